The number of aliphatic carboxylic acids is 1. The number of halogens is 1. The fourth-order valence-electron chi connectivity index (χ4n) is 5.27. The molecule has 1 aliphatic carbocycles. The van der Waals surface area contributed by atoms with E-state index in [1.165, 1.54) is 16.7 Å². The Kier molecular flexibility index (Phi) is 9.08. The number of aromatic nitrogens is 1. The quantitative estimate of drug-likeness (QED) is 0.173. The number of nitrogens with zero attached hydrogens (tertiary/aromatic N) is 1. The first-order valence-electron chi connectivity index (χ1n) is 13.8. The van der Waals surface area contributed by atoms with Crippen LogP contribution in [0.1, 0.15) is 60.1 Å². The number of rotatable bonds is 12. The van der Waals surface area contributed by atoms with Gasteiger partial charge in [0.2, 0.25) is 0 Å². The summed E-state index contributed by atoms with van der Waals surface area (Å²) in [5, 5.41) is 11.4. The van der Waals surface area contributed by atoms with E-state index in [1.54, 1.807) is 11.8 Å². The SMILES string of the molecule is C=C(C)c1ccccc1C(CCSCC(C(=O)O)C1CC1)c1cccc(/C=C/c2ccc3ccc(Cl)cc3n2)c1. The van der Waals surface area contributed by atoms with Crippen LogP contribution in [-0.2, 0) is 4.79 Å². The maximum atomic E-state index is 11.7. The van der Waals surface area contributed by atoms with Crippen LogP contribution >= 0.6 is 23.4 Å². The van der Waals surface area contributed by atoms with Gasteiger partial charge in [-0.25, -0.2) is 4.98 Å². The lowest BCUT2D eigenvalue weighted by molar-refractivity contribution is -0.141. The molecule has 2 unspecified atom stereocenters. The van der Waals surface area contributed by atoms with E-state index in [9.17, 15) is 9.90 Å². The Morgan fingerprint density at radius 1 is 1.07 bits per heavy atom. The van der Waals surface area contributed by atoms with Gasteiger partial charge in [0.1, 0.15) is 0 Å². The number of hydrogen-bond acceptors (Lipinski definition) is 3. The minimum atomic E-state index is -0.650. The molecule has 0 bridgehead atoms. The standard InChI is InChI=1S/C35H34ClNO2S/c1-23(2)30-8-3-4-9-32(30)31(18-19-40-22-33(35(38)39)25-11-12-25)27-7-5-6-24(20-27)10-16-29-17-14-26-13-15-28(36)21-34(26)37-29/h3-10,13-17,20-21,25,31,33H,1,11-12,18-19,22H2,2H3,(H,38,39)/b16-10+. The highest BCUT2D eigenvalue weighted by atomic mass is 35.5. The number of allylic oxidation sites excluding steroid dienone is 1. The highest BCUT2D eigenvalue weighted by Crippen LogP contribution is 2.39. The van der Waals surface area contributed by atoms with E-state index in [1.807, 2.05) is 30.3 Å². The van der Waals surface area contributed by atoms with Crippen LogP contribution in [0.15, 0.2) is 85.4 Å². The minimum absolute atomic E-state index is 0.180. The second kappa shape index (κ2) is 12.9. The molecular weight excluding hydrogens is 534 g/mol. The molecule has 0 saturated heterocycles. The molecule has 5 heteroatoms. The highest BCUT2D eigenvalue weighted by molar-refractivity contribution is 7.99. The van der Waals surface area contributed by atoms with Crippen LogP contribution in [0.4, 0.5) is 0 Å². The van der Waals surface area contributed by atoms with E-state index in [0.717, 1.165) is 52.7 Å². The van der Waals surface area contributed by atoms with Crippen LogP contribution in [0.5, 0.6) is 0 Å². The van der Waals surface area contributed by atoms with Gasteiger partial charge in [0.25, 0.3) is 0 Å². The van der Waals surface area contributed by atoms with Gasteiger partial charge in [0.05, 0.1) is 17.1 Å². The largest absolute Gasteiger partial charge is 0.481 e. The fourth-order valence-corrected chi connectivity index (χ4v) is 6.67. The van der Waals surface area contributed by atoms with E-state index in [2.05, 4.69) is 74.2 Å². The number of carbonyl (C=O) groups is 1. The molecule has 5 rings (SSSR count). The van der Waals surface area contributed by atoms with Gasteiger partial charge < -0.3 is 5.11 Å². The highest BCUT2D eigenvalue weighted by Gasteiger charge is 2.35. The number of thioether (sulfide) groups is 1. The van der Waals surface area contributed by atoms with Crippen molar-refractivity contribution in [2.75, 3.05) is 11.5 Å². The van der Waals surface area contributed by atoms with Gasteiger partial charge >= 0.3 is 5.97 Å². The second-order valence-corrected chi connectivity index (χ2v) is 12.2. The van der Waals surface area contributed by atoms with Crippen LogP contribution in [0, 0.1) is 11.8 Å². The molecule has 40 heavy (non-hydrogen) atoms. The minimum Gasteiger partial charge on any atom is -0.481 e. The van der Waals surface area contributed by atoms with Crippen molar-refractivity contribution in [3.05, 3.63) is 118 Å². The van der Waals surface area contributed by atoms with E-state index in [0.29, 0.717) is 16.7 Å². The number of benzene rings is 3. The number of hydrogen-bond donors (Lipinski definition) is 1. The molecule has 1 saturated carbocycles. The Bertz CT molecular complexity index is 1560. The summed E-state index contributed by atoms with van der Waals surface area (Å²) in [6.07, 6.45) is 7.16. The van der Waals surface area contributed by atoms with Crippen molar-refractivity contribution in [3.63, 3.8) is 0 Å². The number of carboxylic acid groups (broad SMARTS) is 1. The molecule has 204 valence electrons. The Hall–Kier alpha value is -3.34. The van der Waals surface area contributed by atoms with Gasteiger partial charge in [-0.15, -0.1) is 0 Å². The van der Waals surface area contributed by atoms with Crippen LogP contribution in [0.25, 0.3) is 28.6 Å². The Balaban J connectivity index is 1.38. The van der Waals surface area contributed by atoms with E-state index < -0.39 is 5.97 Å². The summed E-state index contributed by atoms with van der Waals surface area (Å²) in [5.74, 6) is 1.25. The van der Waals surface area contributed by atoms with Crippen molar-refractivity contribution >= 4 is 58.0 Å². The normalized spacial score (nSPS) is 14.8. The average molecular weight is 568 g/mol. The van der Waals surface area contributed by atoms with Crippen molar-refractivity contribution in [3.8, 4) is 0 Å². The molecule has 1 aliphatic rings. The Morgan fingerprint density at radius 2 is 1.88 bits per heavy atom. The first kappa shape index (κ1) is 28.2. The van der Waals surface area contributed by atoms with E-state index >= 15 is 0 Å². The lowest BCUT2D eigenvalue weighted by Gasteiger charge is -2.22. The van der Waals surface area contributed by atoms with Gasteiger partial charge in [0.15, 0.2) is 0 Å². The summed E-state index contributed by atoms with van der Waals surface area (Å²) >= 11 is 7.94. The molecule has 0 amide bonds. The zero-order valence-electron chi connectivity index (χ0n) is 22.7. The Labute approximate surface area is 246 Å². The lowest BCUT2D eigenvalue weighted by Crippen LogP contribution is -2.18. The molecule has 0 radical (unpaired) electrons. The zero-order valence-corrected chi connectivity index (χ0v) is 24.3. The number of fused-ring (bicyclic) bond motifs is 1. The maximum absolute atomic E-state index is 11.7. The van der Waals surface area contributed by atoms with E-state index in [4.69, 9.17) is 16.6 Å². The molecule has 3 aromatic carbocycles. The van der Waals surface area contributed by atoms with Crippen molar-refractivity contribution in [2.45, 2.75) is 32.1 Å². The molecule has 1 heterocycles. The molecule has 0 spiro atoms. The summed E-state index contributed by atoms with van der Waals surface area (Å²) in [5.41, 5.74) is 7.60. The van der Waals surface area contributed by atoms with Crippen molar-refractivity contribution in [2.24, 2.45) is 11.8 Å². The summed E-state index contributed by atoms with van der Waals surface area (Å²) in [4.78, 5) is 16.5. The molecular formula is C35H34ClNO2S. The summed E-state index contributed by atoms with van der Waals surface area (Å²) < 4.78 is 0. The van der Waals surface area contributed by atoms with Crippen molar-refractivity contribution in [1.82, 2.24) is 4.98 Å². The first-order valence-corrected chi connectivity index (χ1v) is 15.3. The molecule has 1 fully saturated rings. The predicted octanol–water partition coefficient (Wildman–Crippen LogP) is 9.46. The van der Waals surface area contributed by atoms with Gasteiger partial charge in [-0.2, -0.15) is 11.8 Å². The molecule has 2 atom stereocenters. The third-order valence-corrected chi connectivity index (χ3v) is 8.94. The topological polar surface area (TPSA) is 50.2 Å². The van der Waals surface area contributed by atoms with Gasteiger partial charge in [-0.1, -0.05) is 90.5 Å². The number of pyridine rings is 1. The molecule has 3 nitrogen and oxygen atoms in total. The summed E-state index contributed by atoms with van der Waals surface area (Å²) in [6.45, 7) is 6.29. The van der Waals surface area contributed by atoms with Crippen LogP contribution in [0.3, 0.4) is 0 Å². The van der Waals surface area contributed by atoms with Crippen LogP contribution in [0.2, 0.25) is 5.02 Å². The van der Waals surface area contributed by atoms with Gasteiger partial charge in [0, 0.05) is 22.1 Å². The smallest absolute Gasteiger partial charge is 0.307 e. The predicted molar refractivity (Wildman–Crippen MR) is 171 cm³/mol. The maximum Gasteiger partial charge on any atom is 0.307 e. The van der Waals surface area contributed by atoms with Crippen molar-refractivity contribution < 1.29 is 9.90 Å². The zero-order chi connectivity index (χ0) is 28.1. The number of carboxylic acids is 1. The Morgan fingerprint density at radius 3 is 2.65 bits per heavy atom. The van der Waals surface area contributed by atoms with E-state index in [-0.39, 0.29) is 11.8 Å². The molecule has 1 N–H and O–H groups in total. The van der Waals surface area contributed by atoms with Crippen molar-refractivity contribution in [1.29, 1.82) is 0 Å². The summed E-state index contributed by atoms with van der Waals surface area (Å²) in [6, 6.07) is 27.0. The van der Waals surface area contributed by atoms with Gasteiger partial charge in [-0.3, -0.25) is 4.79 Å². The third-order valence-electron chi connectivity index (χ3n) is 7.59. The fraction of sp³-hybridized carbons (Fsp3) is 0.257. The summed E-state index contributed by atoms with van der Waals surface area (Å²) in [7, 11) is 0. The third kappa shape index (κ3) is 7.04. The van der Waals surface area contributed by atoms with Crippen LogP contribution < -0.4 is 0 Å². The average Bonchev–Trinajstić information content (AvgIpc) is 3.79. The monoisotopic (exact) mass is 567 g/mol. The first-order chi connectivity index (χ1) is 19.4. The molecule has 0 aliphatic heterocycles. The van der Waals surface area contributed by atoms with Gasteiger partial charge in [-0.05, 0) is 84.4 Å². The second-order valence-electron chi connectivity index (χ2n) is 10.6. The van der Waals surface area contributed by atoms with Crippen LogP contribution in [-0.4, -0.2) is 27.6 Å². The lowest BCUT2D eigenvalue weighted by atomic mass is 9.84. The molecule has 1 aromatic heterocycles. The molecule has 4 aromatic rings.